The third kappa shape index (κ3) is 4.13. The van der Waals surface area contributed by atoms with Crippen molar-refractivity contribution in [2.24, 2.45) is 0 Å². The van der Waals surface area contributed by atoms with Crippen molar-refractivity contribution in [3.8, 4) is 23.5 Å². The van der Waals surface area contributed by atoms with Crippen LogP contribution in [0.3, 0.4) is 0 Å². The molecule has 0 aliphatic carbocycles. The molecule has 7 heteroatoms. The maximum Gasteiger partial charge on any atom is 0.218 e. The summed E-state index contributed by atoms with van der Waals surface area (Å²) in [5.41, 5.74) is 1.37. The van der Waals surface area contributed by atoms with Gasteiger partial charge in [0.05, 0.1) is 23.9 Å². The van der Waals surface area contributed by atoms with Crippen LogP contribution in [0.4, 0.5) is 0 Å². The summed E-state index contributed by atoms with van der Waals surface area (Å²) in [6.07, 6.45) is 3.20. The highest BCUT2D eigenvalue weighted by Gasteiger charge is 2.11. The normalized spacial score (nSPS) is 10.6. The lowest BCUT2D eigenvalue weighted by molar-refractivity contribution is 0.227. The lowest BCUT2D eigenvalue weighted by Crippen LogP contribution is -2.10. The van der Waals surface area contributed by atoms with Crippen molar-refractivity contribution in [1.82, 2.24) is 14.8 Å². The van der Waals surface area contributed by atoms with E-state index in [9.17, 15) is 0 Å². The van der Waals surface area contributed by atoms with Gasteiger partial charge in [-0.3, -0.25) is 0 Å². The number of nitrogens with zero attached hydrogens (tertiary/aromatic N) is 4. The Bertz CT molecular complexity index is 947. The molecule has 0 radical (unpaired) electrons. The van der Waals surface area contributed by atoms with E-state index in [0.29, 0.717) is 28.0 Å². The summed E-state index contributed by atoms with van der Waals surface area (Å²) in [6.45, 7) is 4.19. The summed E-state index contributed by atoms with van der Waals surface area (Å²) >= 11 is 6.06. The lowest BCUT2D eigenvalue weighted by atomic mass is 10.2. The topological polar surface area (TPSA) is 73.0 Å². The van der Waals surface area contributed by atoms with E-state index in [2.05, 4.69) is 16.2 Å². The van der Waals surface area contributed by atoms with Crippen LogP contribution in [0.1, 0.15) is 25.0 Å². The van der Waals surface area contributed by atoms with Crippen molar-refractivity contribution in [3.05, 3.63) is 64.9 Å². The molecule has 0 aliphatic heterocycles. The molecular weight excluding hydrogens is 352 g/mol. The Labute approximate surface area is 156 Å². The summed E-state index contributed by atoms with van der Waals surface area (Å²) in [7, 11) is 0. The van der Waals surface area contributed by atoms with Gasteiger partial charge in [-0.1, -0.05) is 17.7 Å². The molecule has 0 N–H and O–H groups in total. The van der Waals surface area contributed by atoms with Gasteiger partial charge in [0.25, 0.3) is 0 Å². The molecule has 0 fully saturated rings. The van der Waals surface area contributed by atoms with Crippen LogP contribution in [-0.2, 0) is 6.61 Å². The lowest BCUT2D eigenvalue weighted by Gasteiger charge is -2.15. The molecule has 6 nitrogen and oxygen atoms in total. The van der Waals surface area contributed by atoms with E-state index in [-0.39, 0.29) is 12.7 Å². The zero-order chi connectivity index (χ0) is 18.5. The van der Waals surface area contributed by atoms with E-state index in [4.69, 9.17) is 26.3 Å². The predicted molar refractivity (Wildman–Crippen MR) is 97.6 cm³/mol. The van der Waals surface area contributed by atoms with Crippen molar-refractivity contribution in [3.63, 3.8) is 0 Å². The van der Waals surface area contributed by atoms with Crippen molar-refractivity contribution >= 4 is 11.6 Å². The standard InChI is InChI=1S/C19H17ClN4O2/c1-13(2)26-17-10-16(20)4-3-15(17)12-25-19-6-8-23-24(19)18-9-14(11-21)5-7-22-18/h3-10,13H,12H2,1-2H3. The number of halogens is 1. The second-order valence-electron chi connectivity index (χ2n) is 5.80. The fourth-order valence-electron chi connectivity index (χ4n) is 2.34. The molecule has 0 saturated carbocycles. The van der Waals surface area contributed by atoms with E-state index < -0.39 is 0 Å². The number of hydrogen-bond donors (Lipinski definition) is 0. The zero-order valence-corrected chi connectivity index (χ0v) is 15.1. The van der Waals surface area contributed by atoms with Gasteiger partial charge in [0, 0.05) is 28.9 Å². The van der Waals surface area contributed by atoms with Crippen molar-refractivity contribution in [2.45, 2.75) is 26.6 Å². The number of benzene rings is 1. The molecule has 0 bridgehead atoms. The van der Waals surface area contributed by atoms with Gasteiger partial charge in [0.15, 0.2) is 5.82 Å². The van der Waals surface area contributed by atoms with Gasteiger partial charge >= 0.3 is 0 Å². The number of nitriles is 1. The number of aromatic nitrogens is 3. The second kappa shape index (κ2) is 7.89. The predicted octanol–water partition coefficient (Wildman–Crippen LogP) is 4.16. The van der Waals surface area contributed by atoms with Gasteiger partial charge in [0.2, 0.25) is 5.88 Å². The smallest absolute Gasteiger partial charge is 0.218 e. The first kappa shape index (κ1) is 17.8. The molecule has 0 amide bonds. The number of pyridine rings is 1. The van der Waals surface area contributed by atoms with Crippen LogP contribution >= 0.6 is 11.6 Å². The van der Waals surface area contributed by atoms with Gasteiger partial charge in [-0.25, -0.2) is 4.98 Å². The third-order valence-electron chi connectivity index (χ3n) is 3.47. The quantitative estimate of drug-likeness (QED) is 0.653. The van der Waals surface area contributed by atoms with Crippen LogP contribution in [-0.4, -0.2) is 20.9 Å². The van der Waals surface area contributed by atoms with Crippen molar-refractivity contribution < 1.29 is 9.47 Å². The van der Waals surface area contributed by atoms with E-state index in [1.54, 1.807) is 47.4 Å². The molecule has 3 rings (SSSR count). The van der Waals surface area contributed by atoms with Gasteiger partial charge < -0.3 is 9.47 Å². The number of hydrogen-bond acceptors (Lipinski definition) is 5. The van der Waals surface area contributed by atoms with Crippen LogP contribution in [0.5, 0.6) is 11.6 Å². The zero-order valence-electron chi connectivity index (χ0n) is 14.4. The minimum atomic E-state index is 0.0238. The third-order valence-corrected chi connectivity index (χ3v) is 3.70. The van der Waals surface area contributed by atoms with Crippen molar-refractivity contribution in [1.29, 1.82) is 5.26 Å². The number of ether oxygens (including phenoxy) is 2. The highest BCUT2D eigenvalue weighted by Crippen LogP contribution is 2.26. The Morgan fingerprint density at radius 1 is 1.19 bits per heavy atom. The van der Waals surface area contributed by atoms with Crippen LogP contribution in [0.2, 0.25) is 5.02 Å². The molecule has 1 aromatic carbocycles. The van der Waals surface area contributed by atoms with Gasteiger partial charge in [-0.15, -0.1) is 0 Å². The maximum absolute atomic E-state index is 9.04. The average Bonchev–Trinajstić information content (AvgIpc) is 3.09. The molecule has 0 atom stereocenters. The molecule has 3 aromatic rings. The Morgan fingerprint density at radius 3 is 2.81 bits per heavy atom. The average molecular weight is 369 g/mol. The van der Waals surface area contributed by atoms with E-state index in [1.165, 1.54) is 0 Å². The Hall–Kier alpha value is -3.04. The first-order valence-corrected chi connectivity index (χ1v) is 8.43. The van der Waals surface area contributed by atoms with Crippen LogP contribution < -0.4 is 9.47 Å². The van der Waals surface area contributed by atoms with Gasteiger partial charge in [-0.2, -0.15) is 15.0 Å². The minimum Gasteiger partial charge on any atom is -0.491 e. The summed E-state index contributed by atoms with van der Waals surface area (Å²) in [4.78, 5) is 4.24. The molecule has 0 saturated heterocycles. The van der Waals surface area contributed by atoms with Crippen molar-refractivity contribution in [2.75, 3.05) is 0 Å². The van der Waals surface area contributed by atoms with E-state index in [1.807, 2.05) is 19.9 Å². The van der Waals surface area contributed by atoms with Gasteiger partial charge in [0.1, 0.15) is 12.4 Å². The molecule has 2 aromatic heterocycles. The monoisotopic (exact) mass is 368 g/mol. The molecule has 26 heavy (non-hydrogen) atoms. The highest BCUT2D eigenvalue weighted by molar-refractivity contribution is 6.30. The fraction of sp³-hybridized carbons (Fsp3) is 0.211. The van der Waals surface area contributed by atoms with Crippen LogP contribution in [0.25, 0.3) is 5.82 Å². The summed E-state index contributed by atoms with van der Waals surface area (Å²) in [5, 5.41) is 13.9. The molecule has 2 heterocycles. The molecule has 0 unspecified atom stereocenters. The molecule has 0 spiro atoms. The fourth-order valence-corrected chi connectivity index (χ4v) is 2.50. The summed E-state index contributed by atoms with van der Waals surface area (Å²) in [6, 6.07) is 12.5. The highest BCUT2D eigenvalue weighted by atomic mass is 35.5. The summed E-state index contributed by atoms with van der Waals surface area (Å²) in [5.74, 6) is 1.71. The first-order valence-electron chi connectivity index (χ1n) is 8.05. The largest absolute Gasteiger partial charge is 0.491 e. The maximum atomic E-state index is 9.04. The minimum absolute atomic E-state index is 0.0238. The number of rotatable bonds is 6. The van der Waals surface area contributed by atoms with E-state index >= 15 is 0 Å². The Kier molecular flexibility index (Phi) is 5.40. The Balaban J connectivity index is 1.82. The Morgan fingerprint density at radius 2 is 2.04 bits per heavy atom. The molecule has 0 aliphatic rings. The van der Waals surface area contributed by atoms with E-state index in [0.717, 1.165) is 5.56 Å². The summed E-state index contributed by atoms with van der Waals surface area (Å²) < 4.78 is 13.3. The molecular formula is C19H17ClN4O2. The second-order valence-corrected chi connectivity index (χ2v) is 6.24. The first-order chi connectivity index (χ1) is 12.6. The SMILES string of the molecule is CC(C)Oc1cc(Cl)ccc1COc1ccnn1-c1cc(C#N)ccn1. The van der Waals surface area contributed by atoms with Crippen LogP contribution in [0, 0.1) is 11.3 Å². The molecule has 132 valence electrons. The van der Waals surface area contributed by atoms with Crippen LogP contribution in [0.15, 0.2) is 48.8 Å². The van der Waals surface area contributed by atoms with Gasteiger partial charge in [-0.05, 0) is 32.0 Å².